The van der Waals surface area contributed by atoms with Crippen molar-refractivity contribution in [2.75, 3.05) is 0 Å². The van der Waals surface area contributed by atoms with Crippen molar-refractivity contribution in [3.63, 3.8) is 0 Å². The zero-order valence-electron chi connectivity index (χ0n) is 11.8. The Hall–Kier alpha value is -2.13. The fourth-order valence-corrected chi connectivity index (χ4v) is 4.08. The lowest BCUT2D eigenvalue weighted by Gasteiger charge is -2.21. The van der Waals surface area contributed by atoms with Crippen molar-refractivity contribution >= 4 is 10.9 Å². The average Bonchev–Trinajstić information content (AvgIpc) is 3.09. The molecule has 2 aliphatic rings. The maximum atomic E-state index is 4.13. The molecular weight excluding hydrogens is 258 g/mol. The molecule has 2 aliphatic heterocycles. The van der Waals surface area contributed by atoms with Crippen molar-refractivity contribution in [3.8, 4) is 11.1 Å². The molecule has 2 unspecified atom stereocenters. The summed E-state index contributed by atoms with van der Waals surface area (Å²) < 4.78 is 0. The Morgan fingerprint density at radius 3 is 2.86 bits per heavy atom. The Kier molecular flexibility index (Phi) is 2.29. The molecule has 21 heavy (non-hydrogen) atoms. The Labute approximate surface area is 123 Å². The number of nitrogens with one attached hydrogen (secondary N) is 2. The minimum Gasteiger partial charge on any atom is -0.358 e. The van der Waals surface area contributed by atoms with E-state index in [0.717, 1.165) is 6.42 Å². The molecule has 4 heterocycles. The Morgan fingerprint density at radius 1 is 1.05 bits per heavy atom. The average molecular weight is 275 g/mol. The van der Waals surface area contributed by atoms with Crippen LogP contribution in [0.3, 0.4) is 0 Å². The van der Waals surface area contributed by atoms with Crippen molar-refractivity contribution < 1.29 is 0 Å². The van der Waals surface area contributed by atoms with Gasteiger partial charge in [0.25, 0.3) is 0 Å². The van der Waals surface area contributed by atoms with Crippen molar-refractivity contribution in [2.45, 2.75) is 31.3 Å². The van der Waals surface area contributed by atoms with E-state index in [9.17, 15) is 0 Å². The Morgan fingerprint density at radius 2 is 1.95 bits per heavy atom. The van der Waals surface area contributed by atoms with E-state index in [1.54, 1.807) is 0 Å². The summed E-state index contributed by atoms with van der Waals surface area (Å²) in [4.78, 5) is 7.85. The molecule has 0 spiro atoms. The Balaban J connectivity index is 1.78. The predicted molar refractivity (Wildman–Crippen MR) is 84.1 cm³/mol. The summed E-state index contributed by atoms with van der Waals surface area (Å²) in [5, 5.41) is 5.14. The van der Waals surface area contributed by atoms with Crippen LogP contribution in [-0.4, -0.2) is 16.0 Å². The van der Waals surface area contributed by atoms with E-state index in [0.29, 0.717) is 12.1 Å². The predicted octanol–water partition coefficient (Wildman–Crippen LogP) is 3.58. The SMILES string of the molecule is c1cc(-c2ccncc2)c2[nH]c3c(c2c1)C1CCC(C3)N1. The number of aromatic nitrogens is 2. The van der Waals surface area contributed by atoms with Gasteiger partial charge in [0, 0.05) is 47.5 Å². The van der Waals surface area contributed by atoms with Crippen molar-refractivity contribution in [1.29, 1.82) is 0 Å². The van der Waals surface area contributed by atoms with Gasteiger partial charge >= 0.3 is 0 Å². The van der Waals surface area contributed by atoms with E-state index in [4.69, 9.17) is 0 Å². The second-order valence-corrected chi connectivity index (χ2v) is 6.18. The van der Waals surface area contributed by atoms with Gasteiger partial charge in [0.2, 0.25) is 0 Å². The third-order valence-corrected chi connectivity index (χ3v) is 4.99. The molecule has 0 saturated carbocycles. The number of aromatic amines is 1. The fourth-order valence-electron chi connectivity index (χ4n) is 4.08. The van der Waals surface area contributed by atoms with Crippen LogP contribution in [0.1, 0.15) is 30.1 Å². The zero-order valence-corrected chi connectivity index (χ0v) is 11.8. The van der Waals surface area contributed by atoms with Crippen LogP contribution in [0.4, 0.5) is 0 Å². The van der Waals surface area contributed by atoms with Crippen LogP contribution in [0.2, 0.25) is 0 Å². The number of nitrogens with zero attached hydrogens (tertiary/aromatic N) is 1. The van der Waals surface area contributed by atoms with Crippen LogP contribution in [0, 0.1) is 0 Å². The summed E-state index contributed by atoms with van der Waals surface area (Å²) in [7, 11) is 0. The Bertz CT molecular complexity index is 819. The molecule has 0 radical (unpaired) electrons. The van der Waals surface area contributed by atoms with Crippen LogP contribution in [0.5, 0.6) is 0 Å². The van der Waals surface area contributed by atoms with E-state index in [1.807, 2.05) is 12.4 Å². The van der Waals surface area contributed by atoms with Gasteiger partial charge in [0.1, 0.15) is 0 Å². The summed E-state index contributed by atoms with van der Waals surface area (Å²) in [6, 6.07) is 12.0. The molecule has 2 bridgehead atoms. The lowest BCUT2D eigenvalue weighted by Crippen LogP contribution is -2.31. The molecule has 104 valence electrons. The number of fused-ring (bicyclic) bond motifs is 6. The quantitative estimate of drug-likeness (QED) is 0.712. The van der Waals surface area contributed by atoms with Crippen LogP contribution >= 0.6 is 0 Å². The maximum Gasteiger partial charge on any atom is 0.0539 e. The number of hydrogen-bond donors (Lipinski definition) is 2. The van der Waals surface area contributed by atoms with E-state index < -0.39 is 0 Å². The van der Waals surface area contributed by atoms with Crippen LogP contribution < -0.4 is 5.32 Å². The van der Waals surface area contributed by atoms with E-state index in [1.165, 1.54) is 46.1 Å². The zero-order chi connectivity index (χ0) is 13.8. The lowest BCUT2D eigenvalue weighted by molar-refractivity contribution is 0.513. The van der Waals surface area contributed by atoms with E-state index in [-0.39, 0.29) is 0 Å². The lowest BCUT2D eigenvalue weighted by atomic mass is 9.97. The molecule has 2 atom stereocenters. The molecule has 0 aliphatic carbocycles. The number of H-pyrrole nitrogens is 1. The normalized spacial score (nSPS) is 23.4. The second-order valence-electron chi connectivity index (χ2n) is 6.18. The van der Waals surface area contributed by atoms with Crippen LogP contribution in [-0.2, 0) is 6.42 Å². The minimum atomic E-state index is 0.542. The number of benzene rings is 1. The number of pyridine rings is 1. The van der Waals surface area contributed by atoms with Gasteiger partial charge in [-0.2, -0.15) is 0 Å². The third kappa shape index (κ3) is 1.61. The standard InChI is InChI=1S/C18H17N3/c1-2-13(11-6-8-19-9-7-11)18-14(3-1)17-15-5-4-12(20-15)10-16(17)21-18/h1-3,6-9,12,15,20-21H,4-5,10H2. The molecule has 0 amide bonds. The molecule has 1 aromatic carbocycles. The first-order valence-corrected chi connectivity index (χ1v) is 7.70. The maximum absolute atomic E-state index is 4.13. The van der Waals surface area contributed by atoms with E-state index in [2.05, 4.69) is 45.6 Å². The number of hydrogen-bond acceptors (Lipinski definition) is 2. The number of para-hydroxylation sites is 1. The van der Waals surface area contributed by atoms with Gasteiger partial charge < -0.3 is 10.3 Å². The molecule has 3 nitrogen and oxygen atoms in total. The fraction of sp³-hybridized carbons (Fsp3) is 0.278. The smallest absolute Gasteiger partial charge is 0.0539 e. The molecule has 3 aromatic rings. The molecule has 1 saturated heterocycles. The van der Waals surface area contributed by atoms with Gasteiger partial charge in [0.05, 0.1) is 5.52 Å². The highest BCUT2D eigenvalue weighted by Crippen LogP contribution is 2.42. The van der Waals surface area contributed by atoms with Gasteiger partial charge in [-0.15, -0.1) is 0 Å². The molecule has 2 N–H and O–H groups in total. The summed E-state index contributed by atoms with van der Waals surface area (Å²) in [5.74, 6) is 0. The van der Waals surface area contributed by atoms with Gasteiger partial charge in [-0.1, -0.05) is 18.2 Å². The minimum absolute atomic E-state index is 0.542. The largest absolute Gasteiger partial charge is 0.358 e. The van der Waals surface area contributed by atoms with E-state index >= 15 is 0 Å². The van der Waals surface area contributed by atoms with Crippen LogP contribution in [0.25, 0.3) is 22.0 Å². The molecular formula is C18H17N3. The van der Waals surface area contributed by atoms with Crippen molar-refractivity contribution in [3.05, 3.63) is 54.0 Å². The third-order valence-electron chi connectivity index (χ3n) is 4.99. The monoisotopic (exact) mass is 275 g/mol. The topological polar surface area (TPSA) is 40.7 Å². The van der Waals surface area contributed by atoms with Gasteiger partial charge in [-0.25, -0.2) is 0 Å². The first-order valence-electron chi connectivity index (χ1n) is 7.70. The van der Waals surface area contributed by atoms with Crippen LogP contribution in [0.15, 0.2) is 42.7 Å². The highest BCUT2D eigenvalue weighted by Gasteiger charge is 2.34. The second kappa shape index (κ2) is 4.18. The van der Waals surface area contributed by atoms with Gasteiger partial charge in [-0.3, -0.25) is 4.98 Å². The van der Waals surface area contributed by atoms with Crippen molar-refractivity contribution in [1.82, 2.24) is 15.3 Å². The van der Waals surface area contributed by atoms with Gasteiger partial charge in [0.15, 0.2) is 0 Å². The van der Waals surface area contributed by atoms with Crippen molar-refractivity contribution in [2.24, 2.45) is 0 Å². The number of rotatable bonds is 1. The molecule has 3 heteroatoms. The highest BCUT2D eigenvalue weighted by molar-refractivity contribution is 5.97. The summed E-state index contributed by atoms with van der Waals surface area (Å²) >= 11 is 0. The first-order chi connectivity index (χ1) is 10.4. The summed E-state index contributed by atoms with van der Waals surface area (Å²) in [6.45, 7) is 0. The molecule has 2 aromatic heterocycles. The molecule has 1 fully saturated rings. The molecule has 5 rings (SSSR count). The van der Waals surface area contributed by atoms with Gasteiger partial charge in [-0.05, 0) is 36.1 Å². The highest BCUT2D eigenvalue weighted by atomic mass is 15.0. The summed E-state index contributed by atoms with van der Waals surface area (Å²) in [6.07, 6.45) is 7.43. The first kappa shape index (κ1) is 11.5. The summed E-state index contributed by atoms with van der Waals surface area (Å²) in [5.41, 5.74) is 6.74.